The van der Waals surface area contributed by atoms with Gasteiger partial charge in [0.15, 0.2) is 5.78 Å². The van der Waals surface area contributed by atoms with Crippen molar-refractivity contribution in [2.45, 2.75) is 31.8 Å². The Hall–Kier alpha value is -2.50. The fourth-order valence-corrected chi connectivity index (χ4v) is 3.91. The molecule has 0 bridgehead atoms. The van der Waals surface area contributed by atoms with Gasteiger partial charge in [0.25, 0.3) is 0 Å². The Bertz CT molecular complexity index is 833. The Morgan fingerprint density at radius 1 is 1.08 bits per heavy atom. The number of hydrogen-bond acceptors (Lipinski definition) is 4. The van der Waals surface area contributed by atoms with Crippen molar-refractivity contribution in [2.75, 3.05) is 5.32 Å². The predicted molar refractivity (Wildman–Crippen MR) is 96.1 cm³/mol. The van der Waals surface area contributed by atoms with Gasteiger partial charge in [0, 0.05) is 17.2 Å². The van der Waals surface area contributed by atoms with Crippen LogP contribution in [0.5, 0.6) is 0 Å². The van der Waals surface area contributed by atoms with Crippen LogP contribution in [0, 0.1) is 5.92 Å². The van der Waals surface area contributed by atoms with E-state index in [1.165, 1.54) is 18.1 Å². The Kier molecular flexibility index (Phi) is 4.11. The van der Waals surface area contributed by atoms with E-state index in [-0.39, 0.29) is 29.7 Å². The van der Waals surface area contributed by atoms with Crippen LogP contribution >= 0.6 is 0 Å². The Morgan fingerprint density at radius 3 is 2.76 bits per heavy atom. The van der Waals surface area contributed by atoms with Crippen molar-refractivity contribution < 1.29 is 9.59 Å². The van der Waals surface area contributed by atoms with E-state index in [0.717, 1.165) is 12.8 Å². The standard InChI is InChI=1S/C20H21N3O2/c1-12(24)14-6-4-7-15(11-14)21-20(25)19-17-10-9-13-5-2-3-8-16(13)18(17)22-23-19/h2-8,11,17-19,22-23H,9-10H2,1H3,(H,21,25). The quantitative estimate of drug-likeness (QED) is 0.754. The Labute approximate surface area is 146 Å². The number of carbonyl (C=O) groups excluding carboxylic acids is 2. The lowest BCUT2D eigenvalue weighted by Crippen LogP contribution is -2.42. The molecule has 1 saturated heterocycles. The molecule has 0 saturated carbocycles. The number of benzene rings is 2. The second-order valence-corrected chi connectivity index (χ2v) is 6.77. The zero-order valence-electron chi connectivity index (χ0n) is 14.1. The number of hydrazine groups is 1. The van der Waals surface area contributed by atoms with Crippen LogP contribution in [0.3, 0.4) is 0 Å². The van der Waals surface area contributed by atoms with Crippen molar-refractivity contribution >= 4 is 17.4 Å². The number of aryl methyl sites for hydroxylation is 1. The topological polar surface area (TPSA) is 70.2 Å². The summed E-state index contributed by atoms with van der Waals surface area (Å²) in [5, 5.41) is 2.94. The van der Waals surface area contributed by atoms with Gasteiger partial charge in [0.2, 0.25) is 5.91 Å². The molecule has 3 N–H and O–H groups in total. The number of nitrogens with one attached hydrogen (secondary N) is 3. The van der Waals surface area contributed by atoms with Crippen LogP contribution in [-0.4, -0.2) is 17.7 Å². The monoisotopic (exact) mass is 335 g/mol. The van der Waals surface area contributed by atoms with Crippen LogP contribution < -0.4 is 16.2 Å². The highest BCUT2D eigenvalue weighted by Gasteiger charge is 2.43. The van der Waals surface area contributed by atoms with E-state index in [4.69, 9.17) is 0 Å². The van der Waals surface area contributed by atoms with E-state index in [2.05, 4.69) is 34.4 Å². The van der Waals surface area contributed by atoms with Gasteiger partial charge in [0.1, 0.15) is 6.04 Å². The number of carbonyl (C=O) groups is 2. The van der Waals surface area contributed by atoms with Crippen LogP contribution in [0.1, 0.15) is 40.9 Å². The molecular weight excluding hydrogens is 314 g/mol. The van der Waals surface area contributed by atoms with Crippen molar-refractivity contribution in [2.24, 2.45) is 5.92 Å². The maximum atomic E-state index is 12.8. The molecule has 3 unspecified atom stereocenters. The number of amides is 1. The summed E-state index contributed by atoms with van der Waals surface area (Å²) in [5.41, 5.74) is 10.3. The van der Waals surface area contributed by atoms with Gasteiger partial charge < -0.3 is 5.32 Å². The third-order valence-corrected chi connectivity index (χ3v) is 5.21. The van der Waals surface area contributed by atoms with E-state index in [1.807, 2.05) is 6.07 Å². The minimum atomic E-state index is -0.292. The highest BCUT2D eigenvalue weighted by molar-refractivity contribution is 5.98. The largest absolute Gasteiger partial charge is 0.325 e. The van der Waals surface area contributed by atoms with E-state index in [0.29, 0.717) is 11.3 Å². The lowest BCUT2D eigenvalue weighted by molar-refractivity contribution is -0.118. The average Bonchev–Trinajstić information content (AvgIpc) is 3.06. The molecule has 0 aromatic heterocycles. The van der Waals surface area contributed by atoms with Crippen LogP contribution in [0.4, 0.5) is 5.69 Å². The van der Waals surface area contributed by atoms with Gasteiger partial charge >= 0.3 is 0 Å². The van der Waals surface area contributed by atoms with E-state index in [9.17, 15) is 9.59 Å². The minimum absolute atomic E-state index is 0.0132. The molecular formula is C20H21N3O2. The summed E-state index contributed by atoms with van der Waals surface area (Å²) in [7, 11) is 0. The molecule has 5 nitrogen and oxygen atoms in total. The SMILES string of the molecule is CC(=O)c1cccc(NC(=O)C2NNC3c4ccccc4CCC23)c1. The molecule has 0 spiro atoms. The Balaban J connectivity index is 1.51. The molecule has 128 valence electrons. The summed E-state index contributed by atoms with van der Waals surface area (Å²) in [5.74, 6) is 0.131. The normalized spacial score (nSPS) is 24.3. The van der Waals surface area contributed by atoms with Crippen LogP contribution in [0.15, 0.2) is 48.5 Å². The first-order chi connectivity index (χ1) is 12.1. The molecule has 2 aliphatic rings. The molecule has 3 atom stereocenters. The first-order valence-corrected chi connectivity index (χ1v) is 8.64. The molecule has 25 heavy (non-hydrogen) atoms. The van der Waals surface area contributed by atoms with Gasteiger partial charge in [-0.3, -0.25) is 9.59 Å². The maximum Gasteiger partial charge on any atom is 0.243 e. The summed E-state index contributed by atoms with van der Waals surface area (Å²) >= 11 is 0. The lowest BCUT2D eigenvalue weighted by Gasteiger charge is -2.29. The zero-order chi connectivity index (χ0) is 17.4. The molecule has 2 aromatic carbocycles. The first kappa shape index (κ1) is 16.0. The van der Waals surface area contributed by atoms with Crippen molar-refractivity contribution in [3.8, 4) is 0 Å². The van der Waals surface area contributed by atoms with Crippen molar-refractivity contribution in [3.63, 3.8) is 0 Å². The summed E-state index contributed by atoms with van der Waals surface area (Å²) < 4.78 is 0. The fraction of sp³-hybridized carbons (Fsp3) is 0.300. The lowest BCUT2D eigenvalue weighted by atomic mass is 9.77. The minimum Gasteiger partial charge on any atom is -0.325 e. The van der Waals surface area contributed by atoms with Crippen LogP contribution in [0.25, 0.3) is 0 Å². The van der Waals surface area contributed by atoms with E-state index >= 15 is 0 Å². The molecule has 0 radical (unpaired) electrons. The molecule has 2 aromatic rings. The molecule has 1 amide bonds. The third-order valence-electron chi connectivity index (χ3n) is 5.21. The van der Waals surface area contributed by atoms with E-state index in [1.54, 1.807) is 24.3 Å². The molecule has 1 aliphatic carbocycles. The van der Waals surface area contributed by atoms with Gasteiger partial charge in [-0.05, 0) is 43.0 Å². The summed E-state index contributed by atoms with van der Waals surface area (Å²) in [4.78, 5) is 24.3. The van der Waals surface area contributed by atoms with Crippen molar-refractivity contribution in [3.05, 3.63) is 65.2 Å². The third kappa shape index (κ3) is 2.97. The molecule has 1 heterocycles. The molecule has 5 heteroatoms. The number of anilines is 1. The maximum absolute atomic E-state index is 12.8. The van der Waals surface area contributed by atoms with Crippen LogP contribution in [-0.2, 0) is 11.2 Å². The smallest absolute Gasteiger partial charge is 0.243 e. The Morgan fingerprint density at radius 2 is 1.92 bits per heavy atom. The second kappa shape index (κ2) is 6.43. The van der Waals surface area contributed by atoms with Gasteiger partial charge in [-0.15, -0.1) is 0 Å². The van der Waals surface area contributed by atoms with Crippen LogP contribution in [0.2, 0.25) is 0 Å². The molecule has 1 fully saturated rings. The van der Waals surface area contributed by atoms with Gasteiger partial charge in [-0.2, -0.15) is 0 Å². The number of ketones is 1. The average molecular weight is 335 g/mol. The summed E-state index contributed by atoms with van der Waals surface area (Å²) in [6.45, 7) is 1.52. The summed E-state index contributed by atoms with van der Waals surface area (Å²) in [6, 6.07) is 15.3. The second-order valence-electron chi connectivity index (χ2n) is 6.77. The van der Waals surface area contributed by atoms with E-state index < -0.39 is 0 Å². The van der Waals surface area contributed by atoms with Crippen molar-refractivity contribution in [1.29, 1.82) is 0 Å². The molecule has 4 rings (SSSR count). The number of hydrogen-bond donors (Lipinski definition) is 3. The number of fused-ring (bicyclic) bond motifs is 3. The fourth-order valence-electron chi connectivity index (χ4n) is 3.91. The highest BCUT2D eigenvalue weighted by atomic mass is 16.2. The first-order valence-electron chi connectivity index (χ1n) is 8.64. The number of Topliss-reactive ketones (excluding diaryl/α,β-unsaturated/α-hetero) is 1. The predicted octanol–water partition coefficient (Wildman–Crippen LogP) is 2.61. The molecule has 1 aliphatic heterocycles. The zero-order valence-corrected chi connectivity index (χ0v) is 14.1. The van der Waals surface area contributed by atoms with Gasteiger partial charge in [0.05, 0.1) is 6.04 Å². The highest BCUT2D eigenvalue weighted by Crippen LogP contribution is 2.39. The van der Waals surface area contributed by atoms with Gasteiger partial charge in [-0.1, -0.05) is 36.4 Å². The summed E-state index contributed by atoms with van der Waals surface area (Å²) in [6.07, 6.45) is 1.96. The number of rotatable bonds is 3. The van der Waals surface area contributed by atoms with Crippen molar-refractivity contribution in [1.82, 2.24) is 10.9 Å². The van der Waals surface area contributed by atoms with Gasteiger partial charge in [-0.25, -0.2) is 10.9 Å².